The standard InChI is InChI=1S/C7H11ClO3/c1-2-5(9)3-4-6(8)7(10)11/h6H,2-4H2,1H3,(H,10,11). The molecule has 0 aliphatic carbocycles. The largest absolute Gasteiger partial charge is 0.480 e. The zero-order valence-electron chi connectivity index (χ0n) is 6.34. The Labute approximate surface area is 70.3 Å². The van der Waals surface area contributed by atoms with Gasteiger partial charge in [-0.05, 0) is 6.42 Å². The van der Waals surface area contributed by atoms with E-state index >= 15 is 0 Å². The van der Waals surface area contributed by atoms with Gasteiger partial charge in [-0.3, -0.25) is 9.59 Å². The van der Waals surface area contributed by atoms with Gasteiger partial charge in [0, 0.05) is 12.8 Å². The van der Waals surface area contributed by atoms with Crippen LogP contribution in [0.1, 0.15) is 26.2 Å². The fourth-order valence-corrected chi connectivity index (χ4v) is 0.697. The van der Waals surface area contributed by atoms with E-state index in [1.54, 1.807) is 6.92 Å². The number of alkyl halides is 1. The lowest BCUT2D eigenvalue weighted by atomic mass is 10.1. The minimum atomic E-state index is -1.06. The summed E-state index contributed by atoms with van der Waals surface area (Å²) in [6.07, 6.45) is 0.934. The molecular formula is C7H11ClO3. The first kappa shape index (κ1) is 10.4. The summed E-state index contributed by atoms with van der Waals surface area (Å²) in [4.78, 5) is 20.8. The zero-order valence-corrected chi connectivity index (χ0v) is 7.10. The second-order valence-corrected chi connectivity index (χ2v) is 2.76. The molecule has 0 amide bonds. The SMILES string of the molecule is CCC(=O)CCC(Cl)C(=O)O. The molecule has 1 atom stereocenters. The minimum absolute atomic E-state index is 0.0527. The first-order valence-electron chi connectivity index (χ1n) is 3.46. The number of carbonyl (C=O) groups excluding carboxylic acids is 1. The van der Waals surface area contributed by atoms with Crippen LogP contribution in [0.3, 0.4) is 0 Å². The molecule has 0 spiro atoms. The lowest BCUT2D eigenvalue weighted by Gasteiger charge is -2.00. The molecule has 3 nitrogen and oxygen atoms in total. The number of rotatable bonds is 5. The van der Waals surface area contributed by atoms with Crippen molar-refractivity contribution in [3.8, 4) is 0 Å². The first-order chi connectivity index (χ1) is 5.07. The van der Waals surface area contributed by atoms with Crippen LogP contribution < -0.4 is 0 Å². The zero-order chi connectivity index (χ0) is 8.85. The molecule has 0 heterocycles. The van der Waals surface area contributed by atoms with Crippen molar-refractivity contribution < 1.29 is 14.7 Å². The lowest BCUT2D eigenvalue weighted by molar-refractivity contribution is -0.136. The van der Waals surface area contributed by atoms with Crippen LogP contribution in [0.4, 0.5) is 0 Å². The number of aliphatic carboxylic acids is 1. The quantitative estimate of drug-likeness (QED) is 0.649. The van der Waals surface area contributed by atoms with Crippen molar-refractivity contribution in [2.75, 3.05) is 0 Å². The molecule has 64 valence electrons. The highest BCUT2D eigenvalue weighted by atomic mass is 35.5. The Balaban J connectivity index is 3.54. The molecule has 11 heavy (non-hydrogen) atoms. The summed E-state index contributed by atoms with van der Waals surface area (Å²) < 4.78 is 0. The maximum Gasteiger partial charge on any atom is 0.321 e. The molecular weight excluding hydrogens is 168 g/mol. The maximum absolute atomic E-state index is 10.7. The van der Waals surface area contributed by atoms with Gasteiger partial charge in [-0.2, -0.15) is 0 Å². The molecule has 0 aromatic rings. The van der Waals surface area contributed by atoms with Crippen LogP contribution in [0.25, 0.3) is 0 Å². The first-order valence-corrected chi connectivity index (χ1v) is 3.90. The Morgan fingerprint density at radius 2 is 2.09 bits per heavy atom. The molecule has 0 saturated heterocycles. The predicted molar refractivity (Wildman–Crippen MR) is 41.8 cm³/mol. The van der Waals surface area contributed by atoms with Crippen molar-refractivity contribution in [2.45, 2.75) is 31.6 Å². The van der Waals surface area contributed by atoms with E-state index in [2.05, 4.69) is 0 Å². The molecule has 1 unspecified atom stereocenters. The molecule has 0 saturated carbocycles. The van der Waals surface area contributed by atoms with Gasteiger partial charge in [0.2, 0.25) is 0 Å². The summed E-state index contributed by atoms with van der Waals surface area (Å²) in [6, 6.07) is 0. The van der Waals surface area contributed by atoms with Crippen LogP contribution in [0.15, 0.2) is 0 Å². The van der Waals surface area contributed by atoms with Crippen LogP contribution in [0, 0.1) is 0 Å². The molecule has 0 rings (SSSR count). The molecule has 0 aliphatic rings. The van der Waals surface area contributed by atoms with Crippen LogP contribution in [-0.4, -0.2) is 22.2 Å². The summed E-state index contributed by atoms with van der Waals surface area (Å²) in [7, 11) is 0. The van der Waals surface area contributed by atoms with Crippen molar-refractivity contribution in [1.29, 1.82) is 0 Å². The number of carbonyl (C=O) groups is 2. The van der Waals surface area contributed by atoms with Crippen molar-refractivity contribution in [2.24, 2.45) is 0 Å². The van der Waals surface area contributed by atoms with Crippen LogP contribution in [-0.2, 0) is 9.59 Å². The number of ketones is 1. The highest BCUT2D eigenvalue weighted by molar-refractivity contribution is 6.29. The average Bonchev–Trinajstić information content (AvgIpc) is 1.99. The minimum Gasteiger partial charge on any atom is -0.480 e. The summed E-state index contributed by atoms with van der Waals surface area (Å²) in [6.45, 7) is 1.74. The molecule has 1 N–H and O–H groups in total. The Bertz CT molecular complexity index is 156. The van der Waals surface area contributed by atoms with Crippen molar-refractivity contribution >= 4 is 23.4 Å². The fraction of sp³-hybridized carbons (Fsp3) is 0.714. The third-order valence-electron chi connectivity index (χ3n) is 1.34. The topological polar surface area (TPSA) is 54.4 Å². The number of Topliss-reactive ketones (excluding diaryl/α,β-unsaturated/α-hetero) is 1. The number of carboxylic acid groups (broad SMARTS) is 1. The van der Waals surface area contributed by atoms with Crippen molar-refractivity contribution in [3.63, 3.8) is 0 Å². The average molecular weight is 179 g/mol. The fourth-order valence-electron chi connectivity index (χ4n) is 0.588. The van der Waals surface area contributed by atoms with Gasteiger partial charge in [0.25, 0.3) is 0 Å². The molecule has 0 aliphatic heterocycles. The normalized spacial score (nSPS) is 12.5. The predicted octanol–water partition coefficient (Wildman–Crippen LogP) is 1.44. The van der Waals surface area contributed by atoms with Gasteiger partial charge in [0.1, 0.15) is 11.2 Å². The van der Waals surface area contributed by atoms with Gasteiger partial charge in [0.15, 0.2) is 0 Å². The molecule has 0 aromatic heterocycles. The van der Waals surface area contributed by atoms with Gasteiger partial charge in [-0.15, -0.1) is 11.6 Å². The van der Waals surface area contributed by atoms with Crippen LogP contribution in [0.2, 0.25) is 0 Å². The molecule has 0 aromatic carbocycles. The van der Waals surface area contributed by atoms with Crippen LogP contribution in [0.5, 0.6) is 0 Å². The van der Waals surface area contributed by atoms with Crippen molar-refractivity contribution in [3.05, 3.63) is 0 Å². The number of hydrogen-bond acceptors (Lipinski definition) is 2. The van der Waals surface area contributed by atoms with E-state index < -0.39 is 11.3 Å². The summed E-state index contributed by atoms with van der Waals surface area (Å²) >= 11 is 5.37. The van der Waals surface area contributed by atoms with E-state index in [1.807, 2.05) is 0 Å². The summed E-state index contributed by atoms with van der Waals surface area (Å²) in [5, 5.41) is 7.40. The van der Waals surface area contributed by atoms with E-state index in [0.29, 0.717) is 6.42 Å². The van der Waals surface area contributed by atoms with Gasteiger partial charge >= 0.3 is 5.97 Å². The Morgan fingerprint density at radius 1 is 1.55 bits per heavy atom. The lowest BCUT2D eigenvalue weighted by Crippen LogP contribution is -2.14. The van der Waals surface area contributed by atoms with E-state index in [4.69, 9.17) is 16.7 Å². The molecule has 0 fully saturated rings. The van der Waals surface area contributed by atoms with Gasteiger partial charge in [0.05, 0.1) is 0 Å². The van der Waals surface area contributed by atoms with E-state index in [0.717, 1.165) is 0 Å². The molecule has 0 bridgehead atoms. The summed E-state index contributed by atoms with van der Waals surface area (Å²) in [5.74, 6) is -1.01. The second kappa shape index (κ2) is 5.13. The Kier molecular flexibility index (Phi) is 4.86. The Hall–Kier alpha value is -0.570. The van der Waals surface area contributed by atoms with Gasteiger partial charge in [-0.25, -0.2) is 0 Å². The highest BCUT2D eigenvalue weighted by Crippen LogP contribution is 2.06. The molecule has 0 radical (unpaired) electrons. The summed E-state index contributed by atoms with van der Waals surface area (Å²) in [5.41, 5.74) is 0. The smallest absolute Gasteiger partial charge is 0.321 e. The number of hydrogen-bond donors (Lipinski definition) is 1. The van der Waals surface area contributed by atoms with Gasteiger partial charge in [-0.1, -0.05) is 6.92 Å². The Morgan fingerprint density at radius 3 is 2.45 bits per heavy atom. The number of carboxylic acids is 1. The monoisotopic (exact) mass is 178 g/mol. The molecule has 4 heteroatoms. The van der Waals surface area contributed by atoms with E-state index in [1.165, 1.54) is 0 Å². The maximum atomic E-state index is 10.7. The van der Waals surface area contributed by atoms with Gasteiger partial charge < -0.3 is 5.11 Å². The van der Waals surface area contributed by atoms with Crippen LogP contribution >= 0.6 is 11.6 Å². The van der Waals surface area contributed by atoms with E-state index in [9.17, 15) is 9.59 Å². The third-order valence-corrected chi connectivity index (χ3v) is 1.74. The number of halogens is 1. The highest BCUT2D eigenvalue weighted by Gasteiger charge is 2.14. The second-order valence-electron chi connectivity index (χ2n) is 2.24. The van der Waals surface area contributed by atoms with E-state index in [-0.39, 0.29) is 18.6 Å². The third kappa shape index (κ3) is 4.79. The van der Waals surface area contributed by atoms with Crippen molar-refractivity contribution in [1.82, 2.24) is 0 Å².